The molecule has 0 radical (unpaired) electrons. The second kappa shape index (κ2) is 5.13. The molecule has 0 fully saturated rings. The molecule has 2 nitrogen and oxygen atoms in total. The minimum atomic E-state index is -0.386. The second-order valence-electron chi connectivity index (χ2n) is 3.51. The maximum absolute atomic E-state index is 9.55. The fourth-order valence-electron chi connectivity index (χ4n) is 1.41. The molecule has 1 aromatic rings. The Labute approximate surface area is 85.2 Å². The third-order valence-corrected chi connectivity index (χ3v) is 2.48. The predicted molar refractivity (Wildman–Crippen MR) is 56.9 cm³/mol. The molecule has 14 heavy (non-hydrogen) atoms. The fourth-order valence-corrected chi connectivity index (χ4v) is 1.41. The first-order valence-corrected chi connectivity index (χ1v) is 5.15. The van der Waals surface area contributed by atoms with Gasteiger partial charge in [0.05, 0.1) is 12.2 Å². The van der Waals surface area contributed by atoms with Crippen LogP contribution in [0.5, 0.6) is 0 Å². The van der Waals surface area contributed by atoms with Crippen molar-refractivity contribution in [1.82, 2.24) is 0 Å². The van der Waals surface area contributed by atoms with Gasteiger partial charge in [0.1, 0.15) is 0 Å². The summed E-state index contributed by atoms with van der Waals surface area (Å²) in [5.41, 5.74) is 1.83. The van der Waals surface area contributed by atoms with E-state index in [1.807, 2.05) is 38.1 Å². The van der Waals surface area contributed by atoms with Gasteiger partial charge in [-0.1, -0.05) is 38.1 Å². The Bertz CT molecular complexity index is 237. The standard InChI is InChI=1S/C12H18O2/c1-3-11(13)9-5-7-10(8-6-9)12(14)4-2/h5-8,11-14H,3-4H2,1-2H3/t11-,12-/m0/s1. The van der Waals surface area contributed by atoms with Gasteiger partial charge in [0.25, 0.3) is 0 Å². The molecule has 1 aromatic carbocycles. The van der Waals surface area contributed by atoms with Gasteiger partial charge in [-0.05, 0) is 24.0 Å². The van der Waals surface area contributed by atoms with Gasteiger partial charge in [-0.2, -0.15) is 0 Å². The van der Waals surface area contributed by atoms with Crippen LogP contribution in [0.2, 0.25) is 0 Å². The highest BCUT2D eigenvalue weighted by Gasteiger charge is 2.07. The summed E-state index contributed by atoms with van der Waals surface area (Å²) in [7, 11) is 0. The van der Waals surface area contributed by atoms with Crippen molar-refractivity contribution in [3.8, 4) is 0 Å². The number of aliphatic hydroxyl groups is 2. The summed E-state index contributed by atoms with van der Waals surface area (Å²) in [5.74, 6) is 0. The smallest absolute Gasteiger partial charge is 0.0787 e. The van der Waals surface area contributed by atoms with E-state index < -0.39 is 0 Å². The average molecular weight is 194 g/mol. The number of aliphatic hydroxyl groups excluding tert-OH is 2. The van der Waals surface area contributed by atoms with Gasteiger partial charge in [0.15, 0.2) is 0 Å². The summed E-state index contributed by atoms with van der Waals surface area (Å²) in [6, 6.07) is 7.51. The second-order valence-corrected chi connectivity index (χ2v) is 3.51. The molecule has 0 aliphatic carbocycles. The monoisotopic (exact) mass is 194 g/mol. The summed E-state index contributed by atoms with van der Waals surface area (Å²) in [5, 5.41) is 19.1. The summed E-state index contributed by atoms with van der Waals surface area (Å²) in [6.07, 6.45) is 0.663. The molecule has 2 heteroatoms. The predicted octanol–water partition coefficient (Wildman–Crippen LogP) is 2.57. The SMILES string of the molecule is CC[C@H](O)c1ccc([C@@H](O)CC)cc1. The van der Waals surface area contributed by atoms with Crippen LogP contribution in [0.25, 0.3) is 0 Å². The molecule has 0 unspecified atom stereocenters. The quantitative estimate of drug-likeness (QED) is 0.773. The normalized spacial score (nSPS) is 15.1. The molecular formula is C12H18O2. The molecule has 0 aliphatic heterocycles. The zero-order chi connectivity index (χ0) is 10.6. The van der Waals surface area contributed by atoms with Crippen molar-refractivity contribution >= 4 is 0 Å². The molecule has 0 saturated heterocycles. The minimum Gasteiger partial charge on any atom is -0.388 e. The van der Waals surface area contributed by atoms with Crippen molar-refractivity contribution in [2.45, 2.75) is 38.9 Å². The molecule has 78 valence electrons. The molecule has 2 atom stereocenters. The van der Waals surface area contributed by atoms with Crippen LogP contribution in [0.15, 0.2) is 24.3 Å². The third-order valence-electron chi connectivity index (χ3n) is 2.48. The lowest BCUT2D eigenvalue weighted by molar-refractivity contribution is 0.170. The molecular weight excluding hydrogens is 176 g/mol. The van der Waals surface area contributed by atoms with Crippen LogP contribution in [0.4, 0.5) is 0 Å². The summed E-state index contributed by atoms with van der Waals surface area (Å²) >= 11 is 0. The van der Waals surface area contributed by atoms with E-state index in [0.717, 1.165) is 24.0 Å². The van der Waals surface area contributed by atoms with Crippen LogP contribution in [0, 0.1) is 0 Å². The Morgan fingerprint density at radius 3 is 1.36 bits per heavy atom. The van der Waals surface area contributed by atoms with Crippen LogP contribution < -0.4 is 0 Å². The van der Waals surface area contributed by atoms with Gasteiger partial charge in [-0.15, -0.1) is 0 Å². The van der Waals surface area contributed by atoms with Crippen molar-refractivity contribution in [2.75, 3.05) is 0 Å². The number of hydrogen-bond donors (Lipinski definition) is 2. The molecule has 0 spiro atoms. The molecule has 0 bridgehead atoms. The molecule has 0 aromatic heterocycles. The topological polar surface area (TPSA) is 40.5 Å². The maximum atomic E-state index is 9.55. The Morgan fingerprint density at radius 1 is 0.857 bits per heavy atom. The molecule has 0 amide bonds. The summed E-state index contributed by atoms with van der Waals surface area (Å²) < 4.78 is 0. The summed E-state index contributed by atoms with van der Waals surface area (Å²) in [4.78, 5) is 0. The zero-order valence-electron chi connectivity index (χ0n) is 8.77. The van der Waals surface area contributed by atoms with Crippen LogP contribution in [-0.4, -0.2) is 10.2 Å². The van der Waals surface area contributed by atoms with E-state index in [0.29, 0.717) is 0 Å². The lowest BCUT2D eigenvalue weighted by atomic mass is 10.0. The molecule has 0 heterocycles. The first-order chi connectivity index (χ1) is 6.69. The fraction of sp³-hybridized carbons (Fsp3) is 0.500. The number of rotatable bonds is 4. The van der Waals surface area contributed by atoms with Gasteiger partial charge in [0.2, 0.25) is 0 Å². The average Bonchev–Trinajstić information content (AvgIpc) is 2.27. The first kappa shape index (κ1) is 11.2. The van der Waals surface area contributed by atoms with Crippen LogP contribution in [0.3, 0.4) is 0 Å². The zero-order valence-corrected chi connectivity index (χ0v) is 8.77. The van der Waals surface area contributed by atoms with Gasteiger partial charge >= 0.3 is 0 Å². The molecule has 2 N–H and O–H groups in total. The van der Waals surface area contributed by atoms with Gasteiger partial charge in [0, 0.05) is 0 Å². The number of benzene rings is 1. The Hall–Kier alpha value is -0.860. The van der Waals surface area contributed by atoms with E-state index in [1.54, 1.807) is 0 Å². The Kier molecular flexibility index (Phi) is 4.11. The van der Waals surface area contributed by atoms with E-state index in [-0.39, 0.29) is 12.2 Å². The summed E-state index contributed by atoms with van der Waals surface area (Å²) in [6.45, 7) is 3.89. The van der Waals surface area contributed by atoms with Crippen LogP contribution in [0.1, 0.15) is 50.0 Å². The van der Waals surface area contributed by atoms with Crippen molar-refractivity contribution < 1.29 is 10.2 Å². The van der Waals surface area contributed by atoms with Crippen molar-refractivity contribution in [1.29, 1.82) is 0 Å². The largest absolute Gasteiger partial charge is 0.388 e. The maximum Gasteiger partial charge on any atom is 0.0787 e. The van der Waals surface area contributed by atoms with Crippen molar-refractivity contribution in [3.63, 3.8) is 0 Å². The van der Waals surface area contributed by atoms with Crippen LogP contribution >= 0.6 is 0 Å². The Morgan fingerprint density at radius 2 is 1.14 bits per heavy atom. The minimum absolute atomic E-state index is 0.386. The van der Waals surface area contributed by atoms with Gasteiger partial charge in [-0.25, -0.2) is 0 Å². The highest BCUT2D eigenvalue weighted by molar-refractivity contribution is 5.25. The first-order valence-electron chi connectivity index (χ1n) is 5.15. The van der Waals surface area contributed by atoms with E-state index in [4.69, 9.17) is 0 Å². The van der Waals surface area contributed by atoms with Crippen molar-refractivity contribution in [3.05, 3.63) is 35.4 Å². The lowest BCUT2D eigenvalue weighted by Gasteiger charge is -2.11. The van der Waals surface area contributed by atoms with E-state index in [9.17, 15) is 10.2 Å². The molecule has 0 saturated carbocycles. The van der Waals surface area contributed by atoms with E-state index >= 15 is 0 Å². The lowest BCUT2D eigenvalue weighted by Crippen LogP contribution is -1.98. The highest BCUT2D eigenvalue weighted by atomic mass is 16.3. The van der Waals surface area contributed by atoms with Gasteiger partial charge < -0.3 is 10.2 Å². The Balaban J connectivity index is 2.78. The van der Waals surface area contributed by atoms with Crippen LogP contribution in [-0.2, 0) is 0 Å². The van der Waals surface area contributed by atoms with E-state index in [1.165, 1.54) is 0 Å². The molecule has 0 aliphatic rings. The third kappa shape index (κ3) is 2.56. The molecule has 1 rings (SSSR count). The van der Waals surface area contributed by atoms with Gasteiger partial charge in [-0.3, -0.25) is 0 Å². The highest BCUT2D eigenvalue weighted by Crippen LogP contribution is 2.20. The number of hydrogen-bond acceptors (Lipinski definition) is 2. The van der Waals surface area contributed by atoms with E-state index in [2.05, 4.69) is 0 Å². The van der Waals surface area contributed by atoms with Crippen molar-refractivity contribution in [2.24, 2.45) is 0 Å².